The molecule has 0 unspecified atom stereocenters. The molecule has 0 aliphatic heterocycles. The molecule has 22 heavy (non-hydrogen) atoms. The molecule has 0 spiro atoms. The molecule has 0 aliphatic carbocycles. The second kappa shape index (κ2) is 10.6. The molecule has 0 atom stereocenters. The van der Waals surface area contributed by atoms with E-state index in [1.54, 1.807) is 6.08 Å². The monoisotopic (exact) mass is 309 g/mol. The van der Waals surface area contributed by atoms with E-state index in [1.807, 2.05) is 6.92 Å². The fourth-order valence-corrected chi connectivity index (χ4v) is 0.949. The molecule has 0 saturated carbocycles. The maximum atomic E-state index is 11.1. The molecule has 118 valence electrons. The van der Waals surface area contributed by atoms with Gasteiger partial charge in [0, 0.05) is 12.1 Å². The minimum atomic E-state index is -1.08. The lowest BCUT2D eigenvalue weighted by molar-refractivity contribution is -0.384. The second-order valence-corrected chi connectivity index (χ2v) is 3.50. The van der Waals surface area contributed by atoms with Gasteiger partial charge in [0.1, 0.15) is 5.75 Å². The average molecular weight is 309 g/mol. The Balaban J connectivity index is 0.00000135. The van der Waals surface area contributed by atoms with Gasteiger partial charge in [-0.25, -0.2) is 4.79 Å². The van der Waals surface area contributed by atoms with Gasteiger partial charge in [-0.3, -0.25) is 14.9 Å². The van der Waals surface area contributed by atoms with Crippen molar-refractivity contribution in [3.8, 4) is 5.75 Å². The molecule has 1 aromatic rings. The molecule has 0 radical (unpaired) electrons. The van der Waals surface area contributed by atoms with Crippen LogP contribution in [0.2, 0.25) is 0 Å². The summed E-state index contributed by atoms with van der Waals surface area (Å²) in [6, 6.07) is 4.83. The normalized spacial score (nSPS) is 8.59. The average Bonchev–Trinajstić information content (AvgIpc) is 2.48. The number of non-ortho nitro benzene ring substituents is 1. The maximum Gasteiger partial charge on any atom is 0.516 e. The summed E-state index contributed by atoms with van der Waals surface area (Å²) in [5.41, 5.74) is -0.133. The molecule has 0 fully saturated rings. The SMILES string of the molecule is C=C(C=O)OCOC(=O)Oc1ccc([N+](=O)[O-])cc1.C=CC. The number of allylic oxidation sites excluding steroid dienone is 2. The number of rotatable bonds is 6. The summed E-state index contributed by atoms with van der Waals surface area (Å²) in [6.45, 7) is 7.92. The number of hydrogen-bond acceptors (Lipinski definition) is 7. The number of hydrogen-bond donors (Lipinski definition) is 0. The number of aldehydes is 1. The van der Waals surface area contributed by atoms with Crippen LogP contribution in [0.5, 0.6) is 5.75 Å². The first kappa shape index (κ1) is 18.8. The van der Waals surface area contributed by atoms with Crippen LogP contribution in [-0.4, -0.2) is 24.2 Å². The molecule has 0 N–H and O–H groups in total. The number of nitrogens with zero attached hydrogens (tertiary/aromatic N) is 1. The second-order valence-electron chi connectivity index (χ2n) is 3.50. The number of nitro groups is 1. The van der Waals surface area contributed by atoms with Crippen LogP contribution in [-0.2, 0) is 14.3 Å². The molecule has 0 amide bonds. The standard InChI is InChI=1S/C11H9NO7.C3H6/c1-8(6-13)17-7-18-11(14)19-10-4-2-9(3-5-10)12(15)16;1-3-2/h2-6H,1,7H2;3H,1H2,2H3. The van der Waals surface area contributed by atoms with E-state index in [4.69, 9.17) is 0 Å². The Morgan fingerprint density at radius 2 is 1.86 bits per heavy atom. The number of ether oxygens (including phenoxy) is 3. The van der Waals surface area contributed by atoms with Crippen LogP contribution in [0.15, 0.2) is 49.3 Å². The Hall–Kier alpha value is -3.16. The minimum absolute atomic E-state index is 0.0739. The summed E-state index contributed by atoms with van der Waals surface area (Å²) in [6.07, 6.45) is 1.03. The van der Waals surface area contributed by atoms with Gasteiger partial charge in [-0.2, -0.15) is 0 Å². The van der Waals surface area contributed by atoms with Crippen molar-refractivity contribution in [2.75, 3.05) is 6.79 Å². The zero-order chi connectivity index (χ0) is 17.0. The Bertz CT molecular complexity index is 537. The Morgan fingerprint density at radius 3 is 2.32 bits per heavy atom. The topological polar surface area (TPSA) is 105 Å². The highest BCUT2D eigenvalue weighted by molar-refractivity contribution is 5.69. The van der Waals surface area contributed by atoms with Gasteiger partial charge in [0.25, 0.3) is 5.69 Å². The Labute approximate surface area is 126 Å². The van der Waals surface area contributed by atoms with Crippen molar-refractivity contribution >= 4 is 18.1 Å². The fraction of sp³-hybridized carbons (Fsp3) is 0.143. The molecular weight excluding hydrogens is 294 g/mol. The Kier molecular flexibility index (Phi) is 9.08. The van der Waals surface area contributed by atoms with Gasteiger partial charge in [0.05, 0.1) is 4.92 Å². The van der Waals surface area contributed by atoms with Crippen LogP contribution >= 0.6 is 0 Å². The van der Waals surface area contributed by atoms with Crippen molar-refractivity contribution in [1.82, 2.24) is 0 Å². The molecule has 0 heterocycles. The third-order valence-electron chi connectivity index (χ3n) is 1.80. The third kappa shape index (κ3) is 8.10. The van der Waals surface area contributed by atoms with Gasteiger partial charge in [0.15, 0.2) is 12.0 Å². The molecule has 0 saturated heterocycles. The highest BCUT2D eigenvalue weighted by atomic mass is 16.8. The van der Waals surface area contributed by atoms with Gasteiger partial charge >= 0.3 is 6.16 Å². The van der Waals surface area contributed by atoms with E-state index in [0.29, 0.717) is 6.29 Å². The summed E-state index contributed by atoms with van der Waals surface area (Å²) >= 11 is 0. The number of carbonyl (C=O) groups is 2. The zero-order valence-corrected chi connectivity index (χ0v) is 11.9. The molecular formula is C14H15NO7. The molecule has 0 aliphatic rings. The van der Waals surface area contributed by atoms with Crippen LogP contribution < -0.4 is 4.74 Å². The lowest BCUT2D eigenvalue weighted by Gasteiger charge is -2.06. The Morgan fingerprint density at radius 1 is 1.32 bits per heavy atom. The van der Waals surface area contributed by atoms with Crippen LogP contribution in [0.4, 0.5) is 10.5 Å². The van der Waals surface area contributed by atoms with Crippen molar-refractivity contribution in [3.63, 3.8) is 0 Å². The van der Waals surface area contributed by atoms with Crippen molar-refractivity contribution in [2.24, 2.45) is 0 Å². The lowest BCUT2D eigenvalue weighted by atomic mass is 10.3. The molecule has 0 aromatic heterocycles. The van der Waals surface area contributed by atoms with Gasteiger partial charge in [-0.15, -0.1) is 6.58 Å². The summed E-state index contributed by atoms with van der Waals surface area (Å²) in [5.74, 6) is -0.118. The third-order valence-corrected chi connectivity index (χ3v) is 1.80. The predicted octanol–water partition coefficient (Wildman–Crippen LogP) is 2.99. The van der Waals surface area contributed by atoms with Gasteiger partial charge in [-0.1, -0.05) is 12.7 Å². The molecule has 0 bridgehead atoms. The van der Waals surface area contributed by atoms with E-state index >= 15 is 0 Å². The smallest absolute Gasteiger partial charge is 0.454 e. The van der Waals surface area contributed by atoms with Crippen molar-refractivity contribution in [3.05, 3.63) is 59.4 Å². The molecule has 1 aromatic carbocycles. The first-order valence-corrected chi connectivity index (χ1v) is 5.87. The van der Waals surface area contributed by atoms with E-state index in [2.05, 4.69) is 27.4 Å². The summed E-state index contributed by atoms with van der Waals surface area (Å²) in [5, 5.41) is 10.4. The van der Waals surface area contributed by atoms with Crippen LogP contribution in [0.1, 0.15) is 6.92 Å². The van der Waals surface area contributed by atoms with Crippen LogP contribution in [0.3, 0.4) is 0 Å². The highest BCUT2D eigenvalue weighted by Gasteiger charge is 2.09. The van der Waals surface area contributed by atoms with Gasteiger partial charge in [-0.05, 0) is 19.1 Å². The van der Waals surface area contributed by atoms with Gasteiger partial charge in [0.2, 0.25) is 6.79 Å². The number of benzene rings is 1. The zero-order valence-electron chi connectivity index (χ0n) is 11.9. The molecule has 8 heteroatoms. The van der Waals surface area contributed by atoms with E-state index in [0.717, 1.165) is 0 Å². The molecule has 1 rings (SSSR count). The van der Waals surface area contributed by atoms with Crippen molar-refractivity contribution < 1.29 is 28.7 Å². The van der Waals surface area contributed by atoms with Crippen molar-refractivity contribution in [1.29, 1.82) is 0 Å². The summed E-state index contributed by atoms with van der Waals surface area (Å²) in [4.78, 5) is 31.0. The van der Waals surface area contributed by atoms with E-state index in [9.17, 15) is 19.7 Å². The first-order chi connectivity index (χ1) is 10.4. The van der Waals surface area contributed by atoms with Gasteiger partial charge < -0.3 is 14.2 Å². The number of carbonyl (C=O) groups excluding carboxylic acids is 2. The quantitative estimate of drug-likeness (QED) is 0.0915. The highest BCUT2D eigenvalue weighted by Crippen LogP contribution is 2.17. The van der Waals surface area contributed by atoms with E-state index in [1.165, 1.54) is 24.3 Å². The molecule has 8 nitrogen and oxygen atoms in total. The van der Waals surface area contributed by atoms with Crippen LogP contribution in [0.25, 0.3) is 0 Å². The largest absolute Gasteiger partial charge is 0.516 e. The minimum Gasteiger partial charge on any atom is -0.454 e. The summed E-state index contributed by atoms with van der Waals surface area (Å²) in [7, 11) is 0. The summed E-state index contributed by atoms with van der Waals surface area (Å²) < 4.78 is 13.7. The van der Waals surface area contributed by atoms with Crippen molar-refractivity contribution in [2.45, 2.75) is 6.92 Å². The maximum absolute atomic E-state index is 11.1. The number of nitro benzene ring substituents is 1. The predicted molar refractivity (Wildman–Crippen MR) is 77.2 cm³/mol. The lowest BCUT2D eigenvalue weighted by Crippen LogP contribution is -2.13. The van der Waals surface area contributed by atoms with E-state index in [-0.39, 0.29) is 17.2 Å². The fourth-order valence-electron chi connectivity index (χ4n) is 0.949. The van der Waals surface area contributed by atoms with Crippen LogP contribution in [0, 0.1) is 10.1 Å². The van der Waals surface area contributed by atoms with E-state index < -0.39 is 17.9 Å². The first-order valence-electron chi connectivity index (χ1n) is 5.87.